The van der Waals surface area contributed by atoms with E-state index in [9.17, 15) is 5.11 Å². The van der Waals surface area contributed by atoms with Crippen LogP contribution in [0.5, 0.6) is 0 Å². The molecule has 1 unspecified atom stereocenters. The van der Waals surface area contributed by atoms with E-state index in [0.717, 1.165) is 5.56 Å². The van der Waals surface area contributed by atoms with Crippen LogP contribution in [0.1, 0.15) is 11.1 Å². The smallest absolute Gasteiger partial charge is 0.0758 e. The molecular weight excluding hydrogens is 148 g/mol. The van der Waals surface area contributed by atoms with Crippen molar-refractivity contribution in [3.8, 4) is 0 Å². The highest BCUT2D eigenvalue weighted by Crippen LogP contribution is 2.06. The van der Waals surface area contributed by atoms with E-state index in [1.165, 1.54) is 5.56 Å². The minimum absolute atomic E-state index is 0.424. The van der Waals surface area contributed by atoms with Crippen LogP contribution in [0.25, 0.3) is 0 Å². The molecule has 1 rings (SSSR count). The van der Waals surface area contributed by atoms with E-state index in [1.54, 1.807) is 6.08 Å². The number of aliphatic hydroxyl groups excluding tert-OH is 1. The van der Waals surface area contributed by atoms with Gasteiger partial charge >= 0.3 is 0 Å². The van der Waals surface area contributed by atoms with Gasteiger partial charge in [-0.25, -0.2) is 0 Å². The fraction of sp³-hybridized carbons (Fsp3) is 0.273. The number of benzene rings is 1. The fourth-order valence-electron chi connectivity index (χ4n) is 1.16. The average molecular weight is 162 g/mol. The summed E-state index contributed by atoms with van der Waals surface area (Å²) in [5, 5.41) is 9.28. The number of hydrogen-bond donors (Lipinski definition) is 1. The maximum Gasteiger partial charge on any atom is 0.0758 e. The molecule has 0 fully saturated rings. The Morgan fingerprint density at radius 1 is 1.58 bits per heavy atom. The monoisotopic (exact) mass is 162 g/mol. The van der Waals surface area contributed by atoms with Crippen molar-refractivity contribution in [1.82, 2.24) is 0 Å². The van der Waals surface area contributed by atoms with Gasteiger partial charge in [0, 0.05) is 6.42 Å². The van der Waals surface area contributed by atoms with Crippen LogP contribution in [0, 0.1) is 6.92 Å². The third kappa shape index (κ3) is 2.51. The maximum atomic E-state index is 9.28. The molecule has 1 aromatic rings. The minimum Gasteiger partial charge on any atom is -0.389 e. The van der Waals surface area contributed by atoms with Crippen LogP contribution < -0.4 is 0 Å². The van der Waals surface area contributed by atoms with Crippen molar-refractivity contribution in [1.29, 1.82) is 0 Å². The second kappa shape index (κ2) is 4.07. The van der Waals surface area contributed by atoms with Gasteiger partial charge in [-0.2, -0.15) is 0 Å². The van der Waals surface area contributed by atoms with Gasteiger partial charge in [0.05, 0.1) is 6.10 Å². The first-order valence-corrected chi connectivity index (χ1v) is 4.08. The summed E-state index contributed by atoms with van der Waals surface area (Å²) in [7, 11) is 0. The molecule has 0 saturated carbocycles. The molecule has 12 heavy (non-hydrogen) atoms. The first-order chi connectivity index (χ1) is 5.72. The Labute approximate surface area is 73.4 Å². The highest BCUT2D eigenvalue weighted by Gasteiger charge is 1.99. The molecule has 0 aliphatic rings. The van der Waals surface area contributed by atoms with Gasteiger partial charge in [0.15, 0.2) is 0 Å². The molecule has 1 atom stereocenters. The second-order valence-electron chi connectivity index (χ2n) is 3.00. The summed E-state index contributed by atoms with van der Waals surface area (Å²) >= 11 is 0. The number of rotatable bonds is 3. The molecule has 0 heterocycles. The Bertz CT molecular complexity index is 265. The number of hydrogen-bond acceptors (Lipinski definition) is 1. The Kier molecular flexibility index (Phi) is 3.06. The average Bonchev–Trinajstić information content (AvgIpc) is 2.04. The van der Waals surface area contributed by atoms with E-state index in [2.05, 4.69) is 12.6 Å². The molecule has 0 aromatic heterocycles. The van der Waals surface area contributed by atoms with Gasteiger partial charge in [-0.05, 0) is 12.5 Å². The largest absolute Gasteiger partial charge is 0.389 e. The summed E-state index contributed by atoms with van der Waals surface area (Å²) in [6.45, 7) is 5.57. The predicted molar refractivity (Wildman–Crippen MR) is 51.1 cm³/mol. The van der Waals surface area contributed by atoms with Gasteiger partial charge in [-0.15, -0.1) is 6.58 Å². The highest BCUT2D eigenvalue weighted by molar-refractivity contribution is 5.23. The van der Waals surface area contributed by atoms with E-state index < -0.39 is 6.10 Å². The lowest BCUT2D eigenvalue weighted by molar-refractivity contribution is 0.224. The molecule has 1 N–H and O–H groups in total. The number of aliphatic hydroxyl groups is 1. The van der Waals surface area contributed by atoms with Crippen LogP contribution in [0.15, 0.2) is 36.9 Å². The highest BCUT2D eigenvalue weighted by atomic mass is 16.3. The van der Waals surface area contributed by atoms with Crippen LogP contribution in [-0.2, 0) is 6.42 Å². The molecular formula is C11H14O. The molecule has 1 aromatic carbocycles. The predicted octanol–water partition coefficient (Wildman–Crippen LogP) is 2.08. The first-order valence-electron chi connectivity index (χ1n) is 4.08. The standard InChI is InChI=1S/C11H14O/c1-3-11(12)8-10-6-4-5-9(2)7-10/h3-7,11-12H,1,8H2,2H3. The minimum atomic E-state index is -0.424. The van der Waals surface area contributed by atoms with Crippen molar-refractivity contribution in [2.75, 3.05) is 0 Å². The molecule has 0 spiro atoms. The maximum absolute atomic E-state index is 9.28. The van der Waals surface area contributed by atoms with Crippen molar-refractivity contribution in [3.63, 3.8) is 0 Å². The molecule has 1 heteroatoms. The SMILES string of the molecule is C=CC(O)Cc1cccc(C)c1. The summed E-state index contributed by atoms with van der Waals surface area (Å²) in [5.41, 5.74) is 2.38. The summed E-state index contributed by atoms with van der Waals surface area (Å²) < 4.78 is 0. The summed E-state index contributed by atoms with van der Waals surface area (Å²) in [4.78, 5) is 0. The zero-order chi connectivity index (χ0) is 8.97. The molecule has 0 radical (unpaired) electrons. The Morgan fingerprint density at radius 2 is 2.33 bits per heavy atom. The molecule has 0 bridgehead atoms. The zero-order valence-electron chi connectivity index (χ0n) is 7.33. The van der Waals surface area contributed by atoms with Gasteiger partial charge in [0.1, 0.15) is 0 Å². The fourth-order valence-corrected chi connectivity index (χ4v) is 1.16. The summed E-state index contributed by atoms with van der Waals surface area (Å²) in [6, 6.07) is 8.14. The van der Waals surface area contributed by atoms with Gasteiger partial charge in [0.2, 0.25) is 0 Å². The molecule has 0 aliphatic carbocycles. The Hall–Kier alpha value is -1.08. The van der Waals surface area contributed by atoms with Gasteiger partial charge in [0.25, 0.3) is 0 Å². The normalized spacial score (nSPS) is 12.5. The van der Waals surface area contributed by atoms with E-state index in [4.69, 9.17) is 0 Å². The second-order valence-corrected chi connectivity index (χ2v) is 3.00. The third-order valence-electron chi connectivity index (χ3n) is 1.80. The molecule has 0 aliphatic heterocycles. The summed E-state index contributed by atoms with van der Waals surface area (Å²) in [6.07, 6.45) is 1.79. The molecule has 0 amide bonds. The van der Waals surface area contributed by atoms with Gasteiger partial charge < -0.3 is 5.11 Å². The quantitative estimate of drug-likeness (QED) is 0.675. The molecule has 0 saturated heterocycles. The van der Waals surface area contributed by atoms with Crippen LogP contribution in [-0.4, -0.2) is 11.2 Å². The van der Waals surface area contributed by atoms with Gasteiger partial charge in [-0.3, -0.25) is 0 Å². The summed E-state index contributed by atoms with van der Waals surface area (Å²) in [5.74, 6) is 0. The Morgan fingerprint density at radius 3 is 2.92 bits per heavy atom. The van der Waals surface area contributed by atoms with E-state index in [0.29, 0.717) is 6.42 Å². The van der Waals surface area contributed by atoms with E-state index in [1.807, 2.05) is 25.1 Å². The third-order valence-corrected chi connectivity index (χ3v) is 1.80. The van der Waals surface area contributed by atoms with Crippen molar-refractivity contribution in [2.45, 2.75) is 19.4 Å². The van der Waals surface area contributed by atoms with Crippen molar-refractivity contribution in [2.24, 2.45) is 0 Å². The topological polar surface area (TPSA) is 20.2 Å². The zero-order valence-corrected chi connectivity index (χ0v) is 7.33. The lowest BCUT2D eigenvalue weighted by Gasteiger charge is -2.05. The van der Waals surface area contributed by atoms with Crippen molar-refractivity contribution < 1.29 is 5.11 Å². The molecule has 64 valence electrons. The van der Waals surface area contributed by atoms with Crippen LogP contribution in [0.3, 0.4) is 0 Å². The van der Waals surface area contributed by atoms with E-state index >= 15 is 0 Å². The lowest BCUT2D eigenvalue weighted by atomic mass is 10.1. The first kappa shape index (κ1) is 9.01. The van der Waals surface area contributed by atoms with Crippen LogP contribution in [0.2, 0.25) is 0 Å². The van der Waals surface area contributed by atoms with Crippen molar-refractivity contribution in [3.05, 3.63) is 48.0 Å². The Balaban J connectivity index is 2.69. The van der Waals surface area contributed by atoms with Crippen molar-refractivity contribution >= 4 is 0 Å². The van der Waals surface area contributed by atoms with Crippen LogP contribution >= 0.6 is 0 Å². The lowest BCUT2D eigenvalue weighted by Crippen LogP contribution is -2.05. The molecule has 1 nitrogen and oxygen atoms in total. The van der Waals surface area contributed by atoms with Crippen LogP contribution in [0.4, 0.5) is 0 Å². The number of aryl methyl sites for hydroxylation is 1. The van der Waals surface area contributed by atoms with Gasteiger partial charge in [-0.1, -0.05) is 35.9 Å². The van der Waals surface area contributed by atoms with E-state index in [-0.39, 0.29) is 0 Å².